The van der Waals surface area contributed by atoms with E-state index >= 15 is 0 Å². The zero-order valence-corrected chi connectivity index (χ0v) is 11.0. The van der Waals surface area contributed by atoms with E-state index in [0.717, 1.165) is 12.3 Å². The maximum atomic E-state index is 6.37. The van der Waals surface area contributed by atoms with Crippen molar-refractivity contribution in [2.24, 2.45) is 11.7 Å². The van der Waals surface area contributed by atoms with Crippen molar-refractivity contribution >= 4 is 0 Å². The SMILES string of the molecule is NC(CC1CCC2(CCCC2)O1)C1CCCC1. The molecular weight excluding hydrogens is 210 g/mol. The zero-order valence-electron chi connectivity index (χ0n) is 11.0. The smallest absolute Gasteiger partial charge is 0.0687 e. The number of nitrogens with two attached hydrogens (primary N) is 1. The average Bonchev–Trinajstić information content (AvgIpc) is 3.04. The largest absolute Gasteiger partial charge is 0.372 e. The second kappa shape index (κ2) is 4.89. The fraction of sp³-hybridized carbons (Fsp3) is 1.00. The third kappa shape index (κ3) is 2.53. The van der Waals surface area contributed by atoms with Gasteiger partial charge in [0.2, 0.25) is 0 Å². The van der Waals surface area contributed by atoms with E-state index in [1.54, 1.807) is 0 Å². The third-order valence-corrected chi connectivity index (χ3v) is 5.39. The Morgan fingerprint density at radius 2 is 1.71 bits per heavy atom. The molecule has 0 aromatic carbocycles. The summed E-state index contributed by atoms with van der Waals surface area (Å²) in [4.78, 5) is 0. The van der Waals surface area contributed by atoms with Gasteiger partial charge in [0.25, 0.3) is 0 Å². The maximum absolute atomic E-state index is 6.37. The highest BCUT2D eigenvalue weighted by atomic mass is 16.5. The summed E-state index contributed by atoms with van der Waals surface area (Å²) in [6.07, 6.45) is 15.0. The van der Waals surface area contributed by atoms with E-state index in [0.29, 0.717) is 17.7 Å². The first-order chi connectivity index (χ1) is 8.27. The molecule has 17 heavy (non-hydrogen) atoms. The predicted octanol–water partition coefficient (Wildman–Crippen LogP) is 3.39. The van der Waals surface area contributed by atoms with Gasteiger partial charge in [0.05, 0.1) is 11.7 Å². The minimum absolute atomic E-state index is 0.292. The highest BCUT2D eigenvalue weighted by molar-refractivity contribution is 4.94. The molecule has 0 aromatic heterocycles. The molecule has 98 valence electrons. The van der Waals surface area contributed by atoms with Gasteiger partial charge in [0.1, 0.15) is 0 Å². The Morgan fingerprint density at radius 3 is 2.41 bits per heavy atom. The van der Waals surface area contributed by atoms with Crippen molar-refractivity contribution in [1.82, 2.24) is 0 Å². The topological polar surface area (TPSA) is 35.2 Å². The van der Waals surface area contributed by atoms with Gasteiger partial charge in [0, 0.05) is 6.04 Å². The van der Waals surface area contributed by atoms with E-state index in [2.05, 4.69) is 0 Å². The van der Waals surface area contributed by atoms with Crippen molar-refractivity contribution in [3.63, 3.8) is 0 Å². The van der Waals surface area contributed by atoms with E-state index in [9.17, 15) is 0 Å². The number of rotatable bonds is 3. The van der Waals surface area contributed by atoms with Crippen molar-refractivity contribution in [3.05, 3.63) is 0 Å². The first-order valence-electron chi connectivity index (χ1n) is 7.71. The van der Waals surface area contributed by atoms with Gasteiger partial charge in [-0.3, -0.25) is 0 Å². The molecule has 3 aliphatic rings. The summed E-state index contributed by atoms with van der Waals surface area (Å²) in [7, 11) is 0. The Balaban J connectivity index is 1.49. The fourth-order valence-electron chi connectivity index (χ4n) is 4.33. The molecule has 2 unspecified atom stereocenters. The molecule has 2 heteroatoms. The van der Waals surface area contributed by atoms with Crippen LogP contribution in [-0.2, 0) is 4.74 Å². The molecule has 1 heterocycles. The van der Waals surface area contributed by atoms with E-state index < -0.39 is 0 Å². The normalized spacial score (nSPS) is 34.8. The monoisotopic (exact) mass is 237 g/mol. The van der Waals surface area contributed by atoms with Crippen LogP contribution < -0.4 is 5.73 Å². The summed E-state index contributed by atoms with van der Waals surface area (Å²) < 4.78 is 6.36. The Morgan fingerprint density at radius 1 is 1.00 bits per heavy atom. The second-order valence-corrected chi connectivity index (χ2v) is 6.61. The molecule has 2 aliphatic carbocycles. The summed E-state index contributed by atoms with van der Waals surface area (Å²) in [5.74, 6) is 0.790. The van der Waals surface area contributed by atoms with Crippen LogP contribution in [0.3, 0.4) is 0 Å². The Hall–Kier alpha value is -0.0800. The van der Waals surface area contributed by atoms with Gasteiger partial charge >= 0.3 is 0 Å². The highest BCUT2D eigenvalue weighted by Crippen LogP contribution is 2.44. The lowest BCUT2D eigenvalue weighted by Crippen LogP contribution is -2.34. The van der Waals surface area contributed by atoms with Crippen molar-refractivity contribution in [2.75, 3.05) is 0 Å². The van der Waals surface area contributed by atoms with Crippen LogP contribution in [0.4, 0.5) is 0 Å². The minimum atomic E-state index is 0.292. The summed E-state index contributed by atoms with van der Waals surface area (Å²) in [5, 5.41) is 0. The molecule has 2 saturated carbocycles. The van der Waals surface area contributed by atoms with Gasteiger partial charge in [-0.1, -0.05) is 25.7 Å². The molecule has 0 aromatic rings. The highest BCUT2D eigenvalue weighted by Gasteiger charge is 2.42. The van der Waals surface area contributed by atoms with Crippen LogP contribution >= 0.6 is 0 Å². The summed E-state index contributed by atoms with van der Waals surface area (Å²) in [5.41, 5.74) is 6.66. The molecule has 3 rings (SSSR count). The molecule has 1 saturated heterocycles. The van der Waals surface area contributed by atoms with E-state index in [1.807, 2.05) is 0 Å². The first kappa shape index (κ1) is 12.0. The van der Waals surface area contributed by atoms with Crippen LogP contribution in [0.5, 0.6) is 0 Å². The van der Waals surface area contributed by atoms with Crippen molar-refractivity contribution < 1.29 is 4.74 Å². The average molecular weight is 237 g/mol. The summed E-state index contributed by atoms with van der Waals surface area (Å²) in [6.45, 7) is 0. The van der Waals surface area contributed by atoms with Gasteiger partial charge in [-0.2, -0.15) is 0 Å². The zero-order chi connectivity index (χ0) is 11.7. The Bertz CT molecular complexity index is 254. The van der Waals surface area contributed by atoms with Gasteiger partial charge in [0.15, 0.2) is 0 Å². The van der Waals surface area contributed by atoms with E-state index in [4.69, 9.17) is 10.5 Å². The summed E-state index contributed by atoms with van der Waals surface area (Å²) in [6, 6.07) is 0.402. The molecule has 2 atom stereocenters. The lowest BCUT2D eigenvalue weighted by Gasteiger charge is -2.26. The van der Waals surface area contributed by atoms with Crippen molar-refractivity contribution in [3.8, 4) is 0 Å². The molecule has 0 amide bonds. The van der Waals surface area contributed by atoms with E-state index in [1.165, 1.54) is 64.2 Å². The lowest BCUT2D eigenvalue weighted by atomic mass is 9.92. The van der Waals surface area contributed by atoms with Crippen LogP contribution in [0.15, 0.2) is 0 Å². The molecule has 1 aliphatic heterocycles. The molecular formula is C15H27NO. The number of ether oxygens (including phenoxy) is 1. The summed E-state index contributed by atoms with van der Waals surface area (Å²) >= 11 is 0. The number of hydrogen-bond acceptors (Lipinski definition) is 2. The molecule has 0 radical (unpaired) electrons. The molecule has 2 N–H and O–H groups in total. The second-order valence-electron chi connectivity index (χ2n) is 6.61. The molecule has 3 fully saturated rings. The number of hydrogen-bond donors (Lipinski definition) is 1. The fourth-order valence-corrected chi connectivity index (χ4v) is 4.33. The van der Waals surface area contributed by atoms with Crippen LogP contribution in [0.2, 0.25) is 0 Å². The van der Waals surface area contributed by atoms with Crippen molar-refractivity contribution in [2.45, 2.75) is 88.4 Å². The van der Waals surface area contributed by atoms with Crippen LogP contribution in [0.1, 0.15) is 70.6 Å². The minimum Gasteiger partial charge on any atom is -0.372 e. The van der Waals surface area contributed by atoms with Gasteiger partial charge < -0.3 is 10.5 Å². The molecule has 1 spiro atoms. The quantitative estimate of drug-likeness (QED) is 0.816. The van der Waals surface area contributed by atoms with Crippen molar-refractivity contribution in [1.29, 1.82) is 0 Å². The predicted molar refractivity (Wildman–Crippen MR) is 69.9 cm³/mol. The lowest BCUT2D eigenvalue weighted by molar-refractivity contribution is -0.0424. The van der Waals surface area contributed by atoms with E-state index in [-0.39, 0.29) is 0 Å². The van der Waals surface area contributed by atoms with Gasteiger partial charge in [-0.25, -0.2) is 0 Å². The van der Waals surface area contributed by atoms with Gasteiger partial charge in [-0.15, -0.1) is 0 Å². The molecule has 2 nitrogen and oxygen atoms in total. The van der Waals surface area contributed by atoms with Crippen LogP contribution in [0.25, 0.3) is 0 Å². The Kier molecular flexibility index (Phi) is 3.45. The first-order valence-corrected chi connectivity index (χ1v) is 7.71. The molecule has 0 bridgehead atoms. The third-order valence-electron chi connectivity index (χ3n) is 5.39. The van der Waals surface area contributed by atoms with Crippen LogP contribution in [-0.4, -0.2) is 17.7 Å². The Labute approximate surface area is 105 Å². The van der Waals surface area contributed by atoms with Gasteiger partial charge in [-0.05, 0) is 50.9 Å². The van der Waals surface area contributed by atoms with Crippen LogP contribution in [0, 0.1) is 5.92 Å². The maximum Gasteiger partial charge on any atom is 0.0687 e. The standard InChI is InChI=1S/C15H27NO/c16-14(12-5-1-2-6-12)11-13-7-10-15(17-13)8-3-4-9-15/h12-14H,1-11,16H2.